The highest BCUT2D eigenvalue weighted by molar-refractivity contribution is 7.60. The van der Waals surface area contributed by atoms with Gasteiger partial charge in [-0.05, 0) is 12.3 Å². The molecule has 27 heavy (non-hydrogen) atoms. The molecule has 156 valence electrons. The average Bonchev–Trinajstić information content (AvgIpc) is 3.15. The van der Waals surface area contributed by atoms with E-state index in [1.807, 2.05) is 0 Å². The fourth-order valence-corrected chi connectivity index (χ4v) is 5.53. The van der Waals surface area contributed by atoms with E-state index in [-0.39, 0.29) is 25.5 Å². The molecule has 3 rings (SSSR count). The van der Waals surface area contributed by atoms with Crippen molar-refractivity contribution in [3.05, 3.63) is 0 Å². The lowest BCUT2D eigenvalue weighted by atomic mass is 10.0. The Balaban J connectivity index is 0.00000261. The Bertz CT molecular complexity index is 728. The van der Waals surface area contributed by atoms with E-state index in [0.717, 1.165) is 0 Å². The summed E-state index contributed by atoms with van der Waals surface area (Å²) < 4.78 is 30.4. The van der Waals surface area contributed by atoms with E-state index < -0.39 is 63.8 Å². The monoisotopic (exact) mass is 433 g/mol. The summed E-state index contributed by atoms with van der Waals surface area (Å²) in [6.45, 7) is -0.578. The molecule has 1 unspecified atom stereocenters. The zero-order valence-corrected chi connectivity index (χ0v) is 15.7. The fourth-order valence-electron chi connectivity index (χ4n) is 3.91. The van der Waals surface area contributed by atoms with Gasteiger partial charge in [0.25, 0.3) is 0 Å². The molecule has 6 atom stereocenters. The molecular formula is C11H21N3O11P2. The zero-order chi connectivity index (χ0) is 19.5. The second kappa shape index (κ2) is 7.16. The van der Waals surface area contributed by atoms with Crippen molar-refractivity contribution in [1.29, 1.82) is 0 Å². The molecule has 0 spiro atoms. The quantitative estimate of drug-likeness (QED) is 0.235. The smallest absolute Gasteiger partial charge is 0.390 e. The summed E-state index contributed by atoms with van der Waals surface area (Å²) in [4.78, 5) is 51.0. The Labute approximate surface area is 152 Å². The maximum atomic E-state index is 12.0. The number of urea groups is 1. The van der Waals surface area contributed by atoms with E-state index in [9.17, 15) is 33.8 Å². The van der Waals surface area contributed by atoms with Crippen LogP contribution in [0.5, 0.6) is 0 Å². The van der Waals surface area contributed by atoms with E-state index >= 15 is 0 Å². The lowest BCUT2D eigenvalue weighted by molar-refractivity contribution is -0.122. The molecule has 3 amide bonds. The molecule has 1 saturated heterocycles. The maximum Gasteiger partial charge on any atom is 0.481 e. The number of imide groups is 1. The number of carbonyl (C=O) groups is 2. The number of fused-ring (bicyclic) bond motifs is 1. The van der Waals surface area contributed by atoms with Crippen LogP contribution in [-0.4, -0.2) is 72.6 Å². The van der Waals surface area contributed by atoms with Gasteiger partial charge in [0.15, 0.2) is 0 Å². The highest BCUT2D eigenvalue weighted by Crippen LogP contribution is 2.64. The van der Waals surface area contributed by atoms with Crippen molar-refractivity contribution < 1.29 is 52.4 Å². The van der Waals surface area contributed by atoms with Crippen molar-refractivity contribution in [3.8, 4) is 0 Å². The zero-order valence-electron chi connectivity index (χ0n) is 13.9. The van der Waals surface area contributed by atoms with Gasteiger partial charge in [0, 0.05) is 18.9 Å². The highest BCUT2D eigenvalue weighted by Gasteiger charge is 2.74. The van der Waals surface area contributed by atoms with Gasteiger partial charge in [-0.15, -0.1) is 0 Å². The third-order valence-electron chi connectivity index (χ3n) is 5.02. The van der Waals surface area contributed by atoms with Crippen LogP contribution in [0, 0.1) is 11.8 Å². The summed E-state index contributed by atoms with van der Waals surface area (Å²) in [6.07, 6.45) is -2.47. The van der Waals surface area contributed by atoms with Gasteiger partial charge in [-0.25, -0.2) is 13.9 Å². The third kappa shape index (κ3) is 4.10. The maximum absolute atomic E-state index is 12.0. The summed E-state index contributed by atoms with van der Waals surface area (Å²) in [5, 5.41) is 22.7. The molecule has 2 saturated carbocycles. The molecule has 3 aliphatic rings. The predicted molar refractivity (Wildman–Crippen MR) is 85.1 cm³/mol. The number of hydrogen-bond acceptors (Lipinski definition) is 9. The number of carbonyl (C=O) groups excluding carboxylic acids is 2. The van der Waals surface area contributed by atoms with E-state index in [4.69, 9.17) is 9.79 Å². The lowest BCUT2D eigenvalue weighted by Crippen LogP contribution is -2.59. The van der Waals surface area contributed by atoms with Gasteiger partial charge < -0.3 is 35.9 Å². The van der Waals surface area contributed by atoms with Gasteiger partial charge >= 0.3 is 21.7 Å². The Morgan fingerprint density at radius 3 is 2.41 bits per heavy atom. The van der Waals surface area contributed by atoms with Crippen LogP contribution in [0.3, 0.4) is 0 Å². The van der Waals surface area contributed by atoms with Crippen molar-refractivity contribution in [1.82, 2.24) is 16.4 Å². The molecule has 0 radical (unpaired) electrons. The Hall–Kier alpha value is -0.920. The first-order chi connectivity index (χ1) is 11.9. The van der Waals surface area contributed by atoms with Crippen LogP contribution in [0.15, 0.2) is 0 Å². The summed E-state index contributed by atoms with van der Waals surface area (Å²) in [5.74, 6) is -1.82. The SMILES string of the molecule is N.O=C1CCN([C@@]23C[C@H]2[C@H](COP(=O)(O)OP(=O)(O)O)[C@@H](O)[C@H]3O)C(=O)N1. The molecule has 1 aliphatic heterocycles. The number of aliphatic hydroxyl groups is 2. The van der Waals surface area contributed by atoms with Crippen LogP contribution in [0.1, 0.15) is 12.8 Å². The summed E-state index contributed by atoms with van der Waals surface area (Å²) >= 11 is 0. The molecule has 0 aromatic rings. The normalized spacial score (nSPS) is 37.9. The van der Waals surface area contributed by atoms with Gasteiger partial charge in [-0.2, -0.15) is 4.31 Å². The molecule has 0 bridgehead atoms. The largest absolute Gasteiger partial charge is 0.481 e. The Morgan fingerprint density at radius 2 is 1.85 bits per heavy atom. The standard InChI is InChI=1S/C11H18N2O11P2.H3N/c14-7-1-2-13(10(17)12-7)11-3-6(11)5(8(15)9(11)16)4-23-26(21,22)24-25(18,19)20;/h5-6,8-9,15-16H,1-4H2,(H,21,22)(H,12,14,17)(H2,18,19,20);1H3/t5-,6-,8+,9+,11-;/m0./s1. The third-order valence-corrected chi connectivity index (χ3v) is 7.17. The molecular weight excluding hydrogens is 412 g/mol. The minimum Gasteiger partial charge on any atom is -0.390 e. The molecule has 9 N–H and O–H groups in total. The van der Waals surface area contributed by atoms with E-state index in [1.165, 1.54) is 4.90 Å². The van der Waals surface area contributed by atoms with Crippen LogP contribution in [0.4, 0.5) is 4.79 Å². The molecule has 1 heterocycles. The lowest BCUT2D eigenvalue weighted by Gasteiger charge is -2.36. The molecule has 14 nitrogen and oxygen atoms in total. The van der Waals surface area contributed by atoms with E-state index in [2.05, 4.69) is 14.2 Å². The second-order valence-electron chi connectivity index (χ2n) is 6.49. The Kier molecular flexibility index (Phi) is 5.93. The average molecular weight is 433 g/mol. The van der Waals surface area contributed by atoms with Gasteiger partial charge in [-0.3, -0.25) is 14.6 Å². The summed E-state index contributed by atoms with van der Waals surface area (Å²) in [5.41, 5.74) is -1.12. The minimum atomic E-state index is -5.27. The van der Waals surface area contributed by atoms with Crippen molar-refractivity contribution in [2.75, 3.05) is 13.2 Å². The first-order valence-electron chi connectivity index (χ1n) is 7.59. The van der Waals surface area contributed by atoms with Crippen molar-refractivity contribution in [2.45, 2.75) is 30.6 Å². The van der Waals surface area contributed by atoms with Crippen molar-refractivity contribution in [2.24, 2.45) is 11.8 Å². The number of nitrogens with one attached hydrogen (secondary N) is 1. The Morgan fingerprint density at radius 1 is 1.22 bits per heavy atom. The minimum absolute atomic E-state index is 0. The van der Waals surface area contributed by atoms with Crippen LogP contribution in [-0.2, 0) is 22.8 Å². The van der Waals surface area contributed by atoms with Crippen molar-refractivity contribution >= 4 is 27.6 Å². The van der Waals surface area contributed by atoms with Gasteiger partial charge in [-0.1, -0.05) is 0 Å². The number of nitrogens with zero attached hydrogens (tertiary/aromatic N) is 1. The molecule has 3 fully saturated rings. The second-order valence-corrected chi connectivity index (χ2v) is 9.32. The topological polar surface area (TPSA) is 238 Å². The summed E-state index contributed by atoms with van der Waals surface area (Å²) in [7, 11) is -10.4. The fraction of sp³-hybridized carbons (Fsp3) is 0.818. The predicted octanol–water partition coefficient (Wildman–Crippen LogP) is -1.57. The number of phosphoric ester groups is 1. The first-order valence-corrected chi connectivity index (χ1v) is 10.6. The van der Waals surface area contributed by atoms with Gasteiger partial charge in [0.1, 0.15) is 6.10 Å². The molecule has 0 aromatic carbocycles. The van der Waals surface area contributed by atoms with Crippen LogP contribution in [0.25, 0.3) is 0 Å². The van der Waals surface area contributed by atoms with Gasteiger partial charge in [0.05, 0.1) is 18.2 Å². The molecule has 16 heteroatoms. The summed E-state index contributed by atoms with van der Waals surface area (Å²) in [6, 6.07) is -0.700. The molecule has 0 aromatic heterocycles. The highest BCUT2D eigenvalue weighted by atomic mass is 31.3. The van der Waals surface area contributed by atoms with Crippen LogP contribution >= 0.6 is 15.6 Å². The number of amides is 3. The van der Waals surface area contributed by atoms with Gasteiger partial charge in [0.2, 0.25) is 5.91 Å². The number of hydrogen-bond donors (Lipinski definition) is 7. The number of aliphatic hydroxyl groups excluding tert-OH is 2. The van der Waals surface area contributed by atoms with E-state index in [0.29, 0.717) is 0 Å². The van der Waals surface area contributed by atoms with Crippen molar-refractivity contribution in [3.63, 3.8) is 0 Å². The first kappa shape index (κ1) is 22.4. The van der Waals surface area contributed by atoms with E-state index in [1.54, 1.807) is 0 Å². The number of phosphoric acid groups is 2. The van der Waals surface area contributed by atoms with Crippen LogP contribution < -0.4 is 11.5 Å². The number of rotatable bonds is 6. The molecule has 2 aliphatic carbocycles. The van der Waals surface area contributed by atoms with Crippen LogP contribution in [0.2, 0.25) is 0 Å².